The Kier molecular flexibility index (Phi) is 6.33. The van der Waals surface area contributed by atoms with Crippen molar-refractivity contribution < 1.29 is 9.59 Å². The third-order valence-electron chi connectivity index (χ3n) is 1.67. The summed E-state index contributed by atoms with van der Waals surface area (Å²) in [7, 11) is 0. The van der Waals surface area contributed by atoms with E-state index in [-0.39, 0.29) is 24.2 Å². The van der Waals surface area contributed by atoms with Gasteiger partial charge in [-0.3, -0.25) is 9.59 Å². The van der Waals surface area contributed by atoms with E-state index < -0.39 is 0 Å². The van der Waals surface area contributed by atoms with Crippen LogP contribution in [0.3, 0.4) is 0 Å². The van der Waals surface area contributed by atoms with Crippen LogP contribution in [0.5, 0.6) is 0 Å². The van der Waals surface area contributed by atoms with Crippen molar-refractivity contribution in [2.24, 2.45) is 11.0 Å². The summed E-state index contributed by atoms with van der Waals surface area (Å²) in [4.78, 5) is 22.3. The standard InChI is InChI=1S/C10H19N3O2/c1-5-11-9(14)6-8(4)12-13-10(15)7(2)3/h7H,5-6H2,1-4H3,(H,11,14)(H,13,15). The Bertz CT molecular complexity index is 259. The lowest BCUT2D eigenvalue weighted by atomic mass is 10.2. The molecule has 86 valence electrons. The van der Waals surface area contributed by atoms with Crippen LogP contribution in [0.15, 0.2) is 5.10 Å². The molecular formula is C10H19N3O2. The zero-order valence-corrected chi connectivity index (χ0v) is 9.76. The first-order valence-electron chi connectivity index (χ1n) is 5.07. The van der Waals surface area contributed by atoms with Crippen molar-refractivity contribution in [1.29, 1.82) is 0 Å². The third-order valence-corrected chi connectivity index (χ3v) is 1.67. The fourth-order valence-electron chi connectivity index (χ4n) is 0.811. The molecule has 0 rings (SSSR count). The highest BCUT2D eigenvalue weighted by Gasteiger charge is 2.06. The summed E-state index contributed by atoms with van der Waals surface area (Å²) in [5, 5.41) is 6.48. The van der Waals surface area contributed by atoms with E-state index in [9.17, 15) is 9.59 Å². The summed E-state index contributed by atoms with van der Waals surface area (Å²) >= 11 is 0. The molecule has 2 amide bonds. The third kappa shape index (κ3) is 6.65. The Morgan fingerprint density at radius 1 is 1.33 bits per heavy atom. The van der Waals surface area contributed by atoms with Gasteiger partial charge < -0.3 is 5.32 Å². The van der Waals surface area contributed by atoms with Crippen molar-refractivity contribution in [1.82, 2.24) is 10.7 Å². The molecule has 0 saturated carbocycles. The van der Waals surface area contributed by atoms with E-state index in [1.165, 1.54) is 0 Å². The van der Waals surface area contributed by atoms with Crippen LogP contribution >= 0.6 is 0 Å². The normalized spacial score (nSPS) is 11.4. The molecule has 0 atom stereocenters. The molecule has 0 spiro atoms. The maximum Gasteiger partial charge on any atom is 0.242 e. The Morgan fingerprint density at radius 3 is 2.40 bits per heavy atom. The number of hydrogen-bond donors (Lipinski definition) is 2. The number of amides is 2. The number of nitrogens with zero attached hydrogens (tertiary/aromatic N) is 1. The number of carbonyl (C=O) groups is 2. The van der Waals surface area contributed by atoms with Gasteiger partial charge in [-0.2, -0.15) is 5.10 Å². The molecular weight excluding hydrogens is 194 g/mol. The zero-order chi connectivity index (χ0) is 11.8. The van der Waals surface area contributed by atoms with E-state index in [4.69, 9.17) is 0 Å². The molecule has 0 aliphatic heterocycles. The molecule has 5 nitrogen and oxygen atoms in total. The van der Waals surface area contributed by atoms with E-state index in [1.54, 1.807) is 20.8 Å². The van der Waals surface area contributed by atoms with Crippen LogP contribution in [0, 0.1) is 5.92 Å². The average Bonchev–Trinajstić information content (AvgIpc) is 2.14. The van der Waals surface area contributed by atoms with Gasteiger partial charge in [0.15, 0.2) is 0 Å². The SMILES string of the molecule is CCNC(=O)CC(C)=NNC(=O)C(C)C. The molecule has 5 heteroatoms. The van der Waals surface area contributed by atoms with Gasteiger partial charge >= 0.3 is 0 Å². The average molecular weight is 213 g/mol. The minimum Gasteiger partial charge on any atom is -0.356 e. The molecule has 0 heterocycles. The topological polar surface area (TPSA) is 70.6 Å². The molecule has 15 heavy (non-hydrogen) atoms. The first kappa shape index (κ1) is 13.6. The van der Waals surface area contributed by atoms with Crippen molar-refractivity contribution in [3.05, 3.63) is 0 Å². The second kappa shape index (κ2) is 6.98. The second-order valence-electron chi connectivity index (χ2n) is 3.61. The highest BCUT2D eigenvalue weighted by molar-refractivity contribution is 6.00. The Labute approximate surface area is 90.3 Å². The summed E-state index contributed by atoms with van der Waals surface area (Å²) in [5.74, 6) is -0.339. The minimum absolute atomic E-state index is 0.0856. The molecule has 0 aromatic carbocycles. The first-order valence-corrected chi connectivity index (χ1v) is 5.07. The van der Waals surface area contributed by atoms with Gasteiger partial charge in [-0.05, 0) is 13.8 Å². The number of hydrazone groups is 1. The van der Waals surface area contributed by atoms with E-state index in [2.05, 4.69) is 15.8 Å². The van der Waals surface area contributed by atoms with E-state index in [0.29, 0.717) is 12.3 Å². The van der Waals surface area contributed by atoms with Gasteiger partial charge in [0, 0.05) is 18.2 Å². The fourth-order valence-corrected chi connectivity index (χ4v) is 0.811. The smallest absolute Gasteiger partial charge is 0.242 e. The van der Waals surface area contributed by atoms with Crippen LogP contribution in [0.25, 0.3) is 0 Å². The highest BCUT2D eigenvalue weighted by Crippen LogP contribution is 1.91. The number of rotatable bonds is 5. The lowest BCUT2D eigenvalue weighted by Crippen LogP contribution is -2.27. The van der Waals surface area contributed by atoms with Gasteiger partial charge in [-0.1, -0.05) is 13.8 Å². The maximum absolute atomic E-state index is 11.1. The summed E-state index contributed by atoms with van der Waals surface area (Å²) in [5.41, 5.74) is 2.99. The number of nitrogens with one attached hydrogen (secondary N) is 2. The van der Waals surface area contributed by atoms with Crippen LogP contribution in [0.1, 0.15) is 34.1 Å². The van der Waals surface area contributed by atoms with E-state index >= 15 is 0 Å². The molecule has 0 aromatic rings. The quantitative estimate of drug-likeness (QED) is 0.520. The molecule has 0 aromatic heterocycles. The first-order chi connectivity index (χ1) is 6.97. The van der Waals surface area contributed by atoms with Gasteiger partial charge in [0.1, 0.15) is 0 Å². The van der Waals surface area contributed by atoms with Crippen LogP contribution in [0.2, 0.25) is 0 Å². The Balaban J connectivity index is 3.99. The minimum atomic E-state index is -0.148. The van der Waals surface area contributed by atoms with Crippen molar-refractivity contribution in [2.45, 2.75) is 34.1 Å². The summed E-state index contributed by atoms with van der Waals surface area (Å²) in [6, 6.07) is 0. The van der Waals surface area contributed by atoms with E-state index in [0.717, 1.165) is 0 Å². The summed E-state index contributed by atoms with van der Waals surface area (Å²) in [6.45, 7) is 7.72. The molecule has 0 aliphatic rings. The van der Waals surface area contributed by atoms with Gasteiger partial charge in [0.25, 0.3) is 0 Å². The van der Waals surface area contributed by atoms with Gasteiger partial charge in [0.05, 0.1) is 6.42 Å². The maximum atomic E-state index is 11.1. The van der Waals surface area contributed by atoms with Crippen LogP contribution < -0.4 is 10.7 Å². The molecule has 0 aliphatic carbocycles. The van der Waals surface area contributed by atoms with Crippen molar-refractivity contribution in [2.75, 3.05) is 6.54 Å². The summed E-state index contributed by atoms with van der Waals surface area (Å²) < 4.78 is 0. The lowest BCUT2D eigenvalue weighted by Gasteiger charge is -2.04. The second-order valence-corrected chi connectivity index (χ2v) is 3.61. The molecule has 2 N–H and O–H groups in total. The van der Waals surface area contributed by atoms with Crippen molar-refractivity contribution in [3.63, 3.8) is 0 Å². The molecule has 0 fully saturated rings. The van der Waals surface area contributed by atoms with Gasteiger partial charge in [-0.25, -0.2) is 5.43 Å². The van der Waals surface area contributed by atoms with Crippen molar-refractivity contribution >= 4 is 17.5 Å². The van der Waals surface area contributed by atoms with Crippen LogP contribution in [-0.4, -0.2) is 24.1 Å². The Morgan fingerprint density at radius 2 is 1.93 bits per heavy atom. The fraction of sp³-hybridized carbons (Fsp3) is 0.700. The molecule has 0 unspecified atom stereocenters. The zero-order valence-electron chi connectivity index (χ0n) is 9.76. The number of hydrogen-bond acceptors (Lipinski definition) is 3. The largest absolute Gasteiger partial charge is 0.356 e. The van der Waals surface area contributed by atoms with Gasteiger partial charge in [-0.15, -0.1) is 0 Å². The number of carbonyl (C=O) groups excluding carboxylic acids is 2. The van der Waals surface area contributed by atoms with Crippen LogP contribution in [-0.2, 0) is 9.59 Å². The lowest BCUT2D eigenvalue weighted by molar-refractivity contribution is -0.124. The van der Waals surface area contributed by atoms with Gasteiger partial charge in [0.2, 0.25) is 11.8 Å². The van der Waals surface area contributed by atoms with Crippen molar-refractivity contribution in [3.8, 4) is 0 Å². The predicted octanol–water partition coefficient (Wildman–Crippen LogP) is 0.661. The monoisotopic (exact) mass is 213 g/mol. The Hall–Kier alpha value is -1.39. The molecule has 0 bridgehead atoms. The predicted molar refractivity (Wildman–Crippen MR) is 59.4 cm³/mol. The van der Waals surface area contributed by atoms with Crippen LogP contribution in [0.4, 0.5) is 0 Å². The molecule has 0 radical (unpaired) electrons. The highest BCUT2D eigenvalue weighted by atomic mass is 16.2. The molecule has 0 saturated heterocycles. The van der Waals surface area contributed by atoms with E-state index in [1.807, 2.05) is 6.92 Å². The summed E-state index contributed by atoms with van der Waals surface area (Å²) in [6.07, 6.45) is 0.214.